The highest BCUT2D eigenvalue weighted by Crippen LogP contribution is 2.08. The monoisotopic (exact) mass is 286 g/mol. The van der Waals surface area contributed by atoms with Gasteiger partial charge in [-0.25, -0.2) is 0 Å². The van der Waals surface area contributed by atoms with Gasteiger partial charge in [-0.05, 0) is 18.2 Å². The molecule has 3 heterocycles. The summed E-state index contributed by atoms with van der Waals surface area (Å²) in [6, 6.07) is 7.02. The van der Waals surface area contributed by atoms with E-state index in [1.807, 2.05) is 19.3 Å². The number of hydrogen-bond acceptors (Lipinski definition) is 5. The fourth-order valence-corrected chi connectivity index (χ4v) is 1.98. The van der Waals surface area contributed by atoms with Crippen molar-refractivity contribution in [2.75, 3.05) is 7.11 Å². The zero-order valence-electron chi connectivity index (χ0n) is 11.6. The van der Waals surface area contributed by atoms with Crippen molar-refractivity contribution in [2.45, 2.75) is 6.54 Å². The number of fused-ring (bicyclic) bond motifs is 1. The third kappa shape index (κ3) is 2.42. The van der Waals surface area contributed by atoms with Gasteiger partial charge in [0.25, 0.3) is 5.91 Å². The number of amides is 1. The molecule has 0 saturated carbocycles. The summed E-state index contributed by atoms with van der Waals surface area (Å²) in [7, 11) is 3.35. The lowest BCUT2D eigenvalue weighted by Crippen LogP contribution is -2.26. The predicted molar refractivity (Wildman–Crippen MR) is 73.9 cm³/mol. The van der Waals surface area contributed by atoms with Gasteiger partial charge in [-0.2, -0.15) is 4.52 Å². The lowest BCUT2D eigenvalue weighted by Gasteiger charge is -2.05. The van der Waals surface area contributed by atoms with Gasteiger partial charge < -0.3 is 14.6 Å². The molecule has 3 aromatic rings. The van der Waals surface area contributed by atoms with Crippen LogP contribution in [0.25, 0.3) is 5.65 Å². The van der Waals surface area contributed by atoms with Crippen LogP contribution in [0, 0.1) is 0 Å². The van der Waals surface area contributed by atoms with Crippen molar-refractivity contribution in [2.24, 2.45) is 7.05 Å². The SMILES string of the molecule is COc1ccc2nnc(CNC(=O)c3cccn3C)n2n1. The number of aryl methyl sites for hydroxylation is 1. The van der Waals surface area contributed by atoms with Gasteiger partial charge in [0, 0.05) is 19.3 Å². The third-order valence-corrected chi connectivity index (χ3v) is 3.10. The molecule has 0 aromatic carbocycles. The largest absolute Gasteiger partial charge is 0.480 e. The first-order chi connectivity index (χ1) is 10.2. The summed E-state index contributed by atoms with van der Waals surface area (Å²) in [4.78, 5) is 12.0. The molecule has 3 rings (SSSR count). The Morgan fingerprint density at radius 1 is 1.33 bits per heavy atom. The van der Waals surface area contributed by atoms with E-state index in [-0.39, 0.29) is 12.5 Å². The second-order valence-corrected chi connectivity index (χ2v) is 4.45. The number of nitrogens with zero attached hydrogens (tertiary/aromatic N) is 5. The smallest absolute Gasteiger partial charge is 0.268 e. The van der Waals surface area contributed by atoms with Gasteiger partial charge in [0.15, 0.2) is 11.5 Å². The number of nitrogens with one attached hydrogen (secondary N) is 1. The van der Waals surface area contributed by atoms with Crippen molar-refractivity contribution in [1.82, 2.24) is 29.7 Å². The topological polar surface area (TPSA) is 86.3 Å². The zero-order chi connectivity index (χ0) is 14.8. The summed E-state index contributed by atoms with van der Waals surface area (Å²) in [5, 5.41) is 15.0. The number of carbonyl (C=O) groups excluding carboxylic acids is 1. The van der Waals surface area contributed by atoms with Gasteiger partial charge in [0.05, 0.1) is 13.7 Å². The fourth-order valence-electron chi connectivity index (χ4n) is 1.98. The molecule has 1 N–H and O–H groups in total. The van der Waals surface area contributed by atoms with Crippen LogP contribution in [-0.4, -0.2) is 37.4 Å². The van der Waals surface area contributed by atoms with Crippen molar-refractivity contribution < 1.29 is 9.53 Å². The summed E-state index contributed by atoms with van der Waals surface area (Å²) in [6.45, 7) is 0.228. The molecule has 0 saturated heterocycles. The first-order valence-corrected chi connectivity index (χ1v) is 6.34. The van der Waals surface area contributed by atoms with Crippen molar-refractivity contribution in [3.63, 3.8) is 0 Å². The predicted octanol–water partition coefficient (Wildman–Crippen LogP) is 0.401. The average molecular weight is 286 g/mol. The summed E-state index contributed by atoms with van der Waals surface area (Å²) < 4.78 is 8.36. The Labute approximate surface area is 120 Å². The Morgan fingerprint density at radius 3 is 2.90 bits per heavy atom. The molecule has 0 aliphatic carbocycles. The summed E-state index contributed by atoms with van der Waals surface area (Å²) in [5.74, 6) is 0.811. The molecule has 0 aliphatic heterocycles. The van der Waals surface area contributed by atoms with E-state index >= 15 is 0 Å². The lowest BCUT2D eigenvalue weighted by molar-refractivity contribution is 0.0941. The molecule has 0 atom stereocenters. The number of aromatic nitrogens is 5. The maximum Gasteiger partial charge on any atom is 0.268 e. The standard InChI is InChI=1S/C13H14N6O2/c1-18-7-3-4-9(18)13(20)14-8-11-16-15-10-5-6-12(21-2)17-19(10)11/h3-7H,8H2,1-2H3,(H,14,20). The van der Waals surface area contributed by atoms with E-state index in [2.05, 4.69) is 20.6 Å². The maximum absolute atomic E-state index is 12.0. The Balaban J connectivity index is 1.79. The van der Waals surface area contributed by atoms with Crippen molar-refractivity contribution in [3.05, 3.63) is 42.0 Å². The molecule has 0 spiro atoms. The summed E-state index contributed by atoms with van der Waals surface area (Å²) >= 11 is 0. The molecular weight excluding hydrogens is 272 g/mol. The molecule has 0 bridgehead atoms. The second-order valence-electron chi connectivity index (χ2n) is 4.45. The van der Waals surface area contributed by atoms with Gasteiger partial charge in [-0.15, -0.1) is 15.3 Å². The first-order valence-electron chi connectivity index (χ1n) is 6.34. The Hall–Kier alpha value is -2.90. The van der Waals surface area contributed by atoms with E-state index < -0.39 is 0 Å². The zero-order valence-corrected chi connectivity index (χ0v) is 11.6. The number of hydrogen-bond donors (Lipinski definition) is 1. The molecule has 21 heavy (non-hydrogen) atoms. The van der Waals surface area contributed by atoms with Crippen LogP contribution in [0.2, 0.25) is 0 Å². The highest BCUT2D eigenvalue weighted by Gasteiger charge is 2.12. The normalized spacial score (nSPS) is 10.8. The molecule has 0 fully saturated rings. The average Bonchev–Trinajstić information content (AvgIpc) is 3.10. The Bertz CT molecular complexity index is 791. The van der Waals surface area contributed by atoms with E-state index in [1.54, 1.807) is 27.3 Å². The summed E-state index contributed by atoms with van der Waals surface area (Å²) in [5.41, 5.74) is 1.17. The van der Waals surface area contributed by atoms with Gasteiger partial charge in [-0.1, -0.05) is 0 Å². The van der Waals surface area contributed by atoms with E-state index in [0.29, 0.717) is 23.0 Å². The van der Waals surface area contributed by atoms with Crippen LogP contribution in [-0.2, 0) is 13.6 Å². The molecule has 8 nitrogen and oxygen atoms in total. The third-order valence-electron chi connectivity index (χ3n) is 3.10. The van der Waals surface area contributed by atoms with Crippen LogP contribution in [0.5, 0.6) is 5.88 Å². The lowest BCUT2D eigenvalue weighted by atomic mass is 10.4. The minimum atomic E-state index is -0.179. The Morgan fingerprint density at radius 2 is 2.19 bits per heavy atom. The quantitative estimate of drug-likeness (QED) is 0.750. The molecular formula is C13H14N6O2. The first kappa shape index (κ1) is 13.1. The molecule has 8 heteroatoms. The maximum atomic E-state index is 12.0. The Kier molecular flexibility index (Phi) is 3.27. The van der Waals surface area contributed by atoms with E-state index in [1.165, 1.54) is 7.11 Å². The fraction of sp³-hybridized carbons (Fsp3) is 0.231. The van der Waals surface area contributed by atoms with Crippen LogP contribution < -0.4 is 10.1 Å². The van der Waals surface area contributed by atoms with Crippen LogP contribution in [0.15, 0.2) is 30.5 Å². The molecule has 1 amide bonds. The van der Waals surface area contributed by atoms with E-state index in [9.17, 15) is 4.79 Å². The van der Waals surface area contributed by atoms with Crippen molar-refractivity contribution in [3.8, 4) is 5.88 Å². The van der Waals surface area contributed by atoms with Gasteiger partial charge >= 0.3 is 0 Å². The highest BCUT2D eigenvalue weighted by molar-refractivity contribution is 5.92. The van der Waals surface area contributed by atoms with E-state index in [4.69, 9.17) is 4.74 Å². The van der Waals surface area contributed by atoms with Crippen molar-refractivity contribution >= 4 is 11.6 Å². The minimum absolute atomic E-state index is 0.179. The van der Waals surface area contributed by atoms with Gasteiger partial charge in [-0.3, -0.25) is 4.79 Å². The van der Waals surface area contributed by atoms with Crippen LogP contribution in [0.3, 0.4) is 0 Å². The number of ether oxygens (including phenoxy) is 1. The number of carbonyl (C=O) groups is 1. The minimum Gasteiger partial charge on any atom is -0.480 e. The van der Waals surface area contributed by atoms with E-state index in [0.717, 1.165) is 0 Å². The van der Waals surface area contributed by atoms with Crippen LogP contribution in [0.4, 0.5) is 0 Å². The van der Waals surface area contributed by atoms with Crippen molar-refractivity contribution in [1.29, 1.82) is 0 Å². The van der Waals surface area contributed by atoms with Gasteiger partial charge in [0.1, 0.15) is 5.69 Å². The second kappa shape index (κ2) is 5.23. The molecule has 0 unspecified atom stereocenters. The molecule has 108 valence electrons. The highest BCUT2D eigenvalue weighted by atomic mass is 16.5. The van der Waals surface area contributed by atoms with Gasteiger partial charge in [0.2, 0.25) is 5.88 Å². The van der Waals surface area contributed by atoms with Crippen LogP contribution in [0.1, 0.15) is 16.3 Å². The molecule has 0 radical (unpaired) electrons. The number of methoxy groups -OCH3 is 1. The molecule has 3 aromatic heterocycles. The molecule has 0 aliphatic rings. The van der Waals surface area contributed by atoms with Crippen LogP contribution >= 0.6 is 0 Å². The summed E-state index contributed by atoms with van der Waals surface area (Å²) in [6.07, 6.45) is 1.81. The number of rotatable bonds is 4.